The highest BCUT2D eigenvalue weighted by molar-refractivity contribution is 5.93. The van der Waals surface area contributed by atoms with E-state index >= 15 is 0 Å². The SMILES string of the molecule is Cc1c([C@@H](C)Nc2nc3nccn3c3cc(C4=CCOCC4)ccc23)cccc1C(F)(F)F. The maximum Gasteiger partial charge on any atom is 0.416 e. The van der Waals surface area contributed by atoms with E-state index in [9.17, 15) is 13.2 Å². The molecule has 0 aliphatic carbocycles. The molecule has 5 nitrogen and oxygen atoms in total. The number of fused-ring (bicyclic) bond motifs is 3. The molecule has 1 aliphatic rings. The summed E-state index contributed by atoms with van der Waals surface area (Å²) in [6, 6.07) is 10.0. The number of hydrogen-bond donors (Lipinski definition) is 1. The fraction of sp³-hybridized carbons (Fsp3) is 0.280. The number of nitrogens with one attached hydrogen (secondary N) is 1. The van der Waals surface area contributed by atoms with Crippen molar-refractivity contribution in [3.8, 4) is 0 Å². The van der Waals surface area contributed by atoms with Gasteiger partial charge in [-0.05, 0) is 60.7 Å². The first kappa shape index (κ1) is 21.5. The van der Waals surface area contributed by atoms with Gasteiger partial charge in [0.15, 0.2) is 0 Å². The summed E-state index contributed by atoms with van der Waals surface area (Å²) < 4.78 is 47.6. The Morgan fingerprint density at radius 3 is 2.79 bits per heavy atom. The highest BCUT2D eigenvalue weighted by Gasteiger charge is 2.33. The van der Waals surface area contributed by atoms with E-state index in [2.05, 4.69) is 33.5 Å². The van der Waals surface area contributed by atoms with Crippen molar-refractivity contribution in [3.05, 3.63) is 77.1 Å². The summed E-state index contributed by atoms with van der Waals surface area (Å²) in [6.45, 7) is 4.65. The standard InChI is InChI=1S/C25H23F3N4O/c1-15-19(4-3-5-21(15)25(26,27)28)16(2)30-23-20-7-6-18(17-8-12-33-13-9-17)14-22(20)32-11-10-29-24(32)31-23/h3-8,10-11,14,16H,9,12-13H2,1-2H3,(H,29,30,31)/t16-/m1/s1. The van der Waals surface area contributed by atoms with Crippen molar-refractivity contribution in [1.29, 1.82) is 0 Å². The number of halogens is 3. The van der Waals surface area contributed by atoms with Crippen LogP contribution in [0.5, 0.6) is 0 Å². The zero-order chi connectivity index (χ0) is 23.2. The number of alkyl halides is 3. The molecule has 170 valence electrons. The average Bonchev–Trinajstić information content (AvgIpc) is 3.27. The largest absolute Gasteiger partial charge is 0.416 e. The summed E-state index contributed by atoms with van der Waals surface area (Å²) in [4.78, 5) is 9.00. The summed E-state index contributed by atoms with van der Waals surface area (Å²) in [5.41, 5.74) is 3.44. The molecule has 0 radical (unpaired) electrons. The Labute approximate surface area is 188 Å². The summed E-state index contributed by atoms with van der Waals surface area (Å²) in [6.07, 6.45) is 2.09. The van der Waals surface area contributed by atoms with E-state index in [1.807, 2.05) is 23.6 Å². The third-order valence-corrected chi connectivity index (χ3v) is 6.18. The quantitative estimate of drug-likeness (QED) is 0.401. The minimum atomic E-state index is -4.39. The lowest BCUT2D eigenvalue weighted by atomic mass is 9.97. The van der Waals surface area contributed by atoms with Crippen LogP contribution in [0.3, 0.4) is 0 Å². The molecule has 1 aliphatic heterocycles. The molecule has 0 saturated carbocycles. The first-order valence-electron chi connectivity index (χ1n) is 10.8. The van der Waals surface area contributed by atoms with Crippen LogP contribution in [0.25, 0.3) is 22.3 Å². The van der Waals surface area contributed by atoms with E-state index in [4.69, 9.17) is 4.74 Å². The highest BCUT2D eigenvalue weighted by atomic mass is 19.4. The van der Waals surface area contributed by atoms with E-state index in [1.165, 1.54) is 18.6 Å². The van der Waals surface area contributed by atoms with Crippen molar-refractivity contribution in [1.82, 2.24) is 14.4 Å². The second-order valence-corrected chi connectivity index (χ2v) is 8.23. The van der Waals surface area contributed by atoms with Crippen LogP contribution in [0.2, 0.25) is 0 Å². The lowest BCUT2D eigenvalue weighted by Gasteiger charge is -2.21. The number of aromatic nitrogens is 3. The minimum Gasteiger partial charge on any atom is -0.377 e. The Balaban J connectivity index is 1.58. The lowest BCUT2D eigenvalue weighted by molar-refractivity contribution is -0.138. The second-order valence-electron chi connectivity index (χ2n) is 8.23. The van der Waals surface area contributed by atoms with Gasteiger partial charge in [0.2, 0.25) is 5.78 Å². The van der Waals surface area contributed by atoms with E-state index in [0.717, 1.165) is 29.0 Å². The van der Waals surface area contributed by atoms with Crippen LogP contribution in [0.4, 0.5) is 19.0 Å². The third-order valence-electron chi connectivity index (χ3n) is 6.18. The summed E-state index contributed by atoms with van der Waals surface area (Å²) in [5.74, 6) is 1.11. The Morgan fingerprint density at radius 1 is 1.18 bits per heavy atom. The van der Waals surface area contributed by atoms with Gasteiger partial charge in [-0.3, -0.25) is 4.40 Å². The predicted molar refractivity (Wildman–Crippen MR) is 122 cm³/mol. The van der Waals surface area contributed by atoms with E-state index < -0.39 is 17.8 Å². The molecule has 33 heavy (non-hydrogen) atoms. The monoisotopic (exact) mass is 452 g/mol. The van der Waals surface area contributed by atoms with E-state index in [-0.39, 0.29) is 5.56 Å². The molecular weight excluding hydrogens is 429 g/mol. The van der Waals surface area contributed by atoms with Crippen LogP contribution >= 0.6 is 0 Å². The molecule has 3 heterocycles. The van der Waals surface area contributed by atoms with Gasteiger partial charge in [0, 0.05) is 17.8 Å². The van der Waals surface area contributed by atoms with Crippen LogP contribution in [-0.2, 0) is 10.9 Å². The fourth-order valence-corrected chi connectivity index (χ4v) is 4.47. The van der Waals surface area contributed by atoms with Gasteiger partial charge >= 0.3 is 6.18 Å². The molecule has 0 fully saturated rings. The lowest BCUT2D eigenvalue weighted by Crippen LogP contribution is -2.14. The normalized spacial score (nSPS) is 15.6. The number of benzene rings is 2. The van der Waals surface area contributed by atoms with Crippen molar-refractivity contribution in [2.45, 2.75) is 32.5 Å². The Morgan fingerprint density at radius 2 is 2.03 bits per heavy atom. The second kappa shape index (κ2) is 8.19. The zero-order valence-electron chi connectivity index (χ0n) is 18.3. The molecule has 0 saturated heterocycles. The van der Waals surface area contributed by atoms with Gasteiger partial charge in [0.1, 0.15) is 5.82 Å². The zero-order valence-corrected chi connectivity index (χ0v) is 18.3. The number of hydrogen-bond acceptors (Lipinski definition) is 4. The highest BCUT2D eigenvalue weighted by Crippen LogP contribution is 2.36. The van der Waals surface area contributed by atoms with Gasteiger partial charge in [-0.25, -0.2) is 4.98 Å². The van der Waals surface area contributed by atoms with Crippen molar-refractivity contribution in [2.75, 3.05) is 18.5 Å². The van der Waals surface area contributed by atoms with Crippen molar-refractivity contribution >= 4 is 28.1 Å². The summed E-state index contributed by atoms with van der Waals surface area (Å²) in [5, 5.41) is 4.20. The minimum absolute atomic E-state index is 0.213. The van der Waals surface area contributed by atoms with Crippen LogP contribution in [-0.4, -0.2) is 27.6 Å². The number of rotatable bonds is 4. The fourth-order valence-electron chi connectivity index (χ4n) is 4.47. The van der Waals surface area contributed by atoms with Gasteiger partial charge in [0.05, 0.1) is 30.3 Å². The summed E-state index contributed by atoms with van der Waals surface area (Å²) >= 11 is 0. The van der Waals surface area contributed by atoms with E-state index in [1.54, 1.807) is 12.3 Å². The first-order chi connectivity index (χ1) is 15.8. The maximum atomic E-state index is 13.4. The van der Waals surface area contributed by atoms with Crippen LogP contribution in [0, 0.1) is 6.92 Å². The van der Waals surface area contributed by atoms with Gasteiger partial charge in [-0.15, -0.1) is 0 Å². The molecule has 1 N–H and O–H groups in total. The molecule has 8 heteroatoms. The molecule has 0 amide bonds. The van der Waals surface area contributed by atoms with Gasteiger partial charge in [-0.1, -0.05) is 24.3 Å². The molecule has 0 bridgehead atoms. The average molecular weight is 452 g/mol. The van der Waals surface area contributed by atoms with Gasteiger partial charge in [-0.2, -0.15) is 18.2 Å². The van der Waals surface area contributed by atoms with Crippen molar-refractivity contribution in [2.24, 2.45) is 0 Å². The van der Waals surface area contributed by atoms with E-state index in [0.29, 0.717) is 30.4 Å². The van der Waals surface area contributed by atoms with Crippen LogP contribution in [0.15, 0.2) is 54.9 Å². The number of nitrogens with zero attached hydrogens (tertiary/aromatic N) is 3. The van der Waals surface area contributed by atoms with Gasteiger partial charge in [0.25, 0.3) is 0 Å². The smallest absolute Gasteiger partial charge is 0.377 e. The molecule has 0 spiro atoms. The maximum absolute atomic E-state index is 13.4. The number of anilines is 1. The Bertz CT molecular complexity index is 1370. The molecular formula is C25H23F3N4O. The van der Waals surface area contributed by atoms with Crippen LogP contribution in [0.1, 0.15) is 41.6 Å². The number of ether oxygens (including phenoxy) is 1. The molecule has 2 aromatic carbocycles. The Kier molecular flexibility index (Phi) is 5.32. The molecule has 0 unspecified atom stereocenters. The summed E-state index contributed by atoms with van der Waals surface area (Å²) in [7, 11) is 0. The van der Waals surface area contributed by atoms with Crippen LogP contribution < -0.4 is 5.32 Å². The first-order valence-corrected chi connectivity index (χ1v) is 10.8. The number of imidazole rings is 1. The third kappa shape index (κ3) is 3.95. The van der Waals surface area contributed by atoms with Crippen molar-refractivity contribution in [3.63, 3.8) is 0 Å². The Hall–Kier alpha value is -3.39. The topological polar surface area (TPSA) is 51.5 Å². The van der Waals surface area contributed by atoms with Crippen molar-refractivity contribution < 1.29 is 17.9 Å². The molecule has 5 rings (SSSR count). The van der Waals surface area contributed by atoms with Gasteiger partial charge < -0.3 is 10.1 Å². The molecule has 2 aromatic heterocycles. The predicted octanol–water partition coefficient (Wildman–Crippen LogP) is 6.19. The molecule has 4 aromatic rings. The molecule has 1 atom stereocenters.